The van der Waals surface area contributed by atoms with Gasteiger partial charge in [0.05, 0.1) is 25.3 Å². The molecule has 0 saturated heterocycles. The van der Waals surface area contributed by atoms with Gasteiger partial charge in [-0.15, -0.1) is 11.3 Å². The molecule has 1 fully saturated rings. The average molecular weight is 332 g/mol. The van der Waals surface area contributed by atoms with Gasteiger partial charge in [0.15, 0.2) is 16.6 Å². The third-order valence-corrected chi connectivity index (χ3v) is 5.36. The lowest BCUT2D eigenvalue weighted by atomic mass is 9.94. The van der Waals surface area contributed by atoms with E-state index in [1.54, 1.807) is 14.2 Å². The summed E-state index contributed by atoms with van der Waals surface area (Å²) in [5.41, 5.74) is 1.44. The summed E-state index contributed by atoms with van der Waals surface area (Å²) < 4.78 is 10.6. The molecule has 0 aliphatic heterocycles. The second-order valence-electron chi connectivity index (χ2n) is 5.77. The molecule has 1 aromatic carbocycles. The number of amides is 1. The van der Waals surface area contributed by atoms with Crippen molar-refractivity contribution in [2.75, 3.05) is 19.5 Å². The Morgan fingerprint density at radius 1 is 1.22 bits per heavy atom. The van der Waals surface area contributed by atoms with Crippen LogP contribution in [0.5, 0.6) is 11.5 Å². The van der Waals surface area contributed by atoms with Gasteiger partial charge < -0.3 is 14.8 Å². The van der Waals surface area contributed by atoms with E-state index >= 15 is 0 Å². The van der Waals surface area contributed by atoms with Crippen LogP contribution in [-0.4, -0.2) is 25.1 Å². The Hall–Kier alpha value is -2.08. The predicted octanol–water partition coefficient (Wildman–Crippen LogP) is 3.45. The van der Waals surface area contributed by atoms with Crippen LogP contribution in [0.15, 0.2) is 18.2 Å². The zero-order valence-electron chi connectivity index (χ0n) is 13.7. The molecule has 0 spiro atoms. The molecular weight excluding hydrogens is 312 g/mol. The van der Waals surface area contributed by atoms with Crippen molar-refractivity contribution in [3.63, 3.8) is 0 Å². The van der Waals surface area contributed by atoms with Gasteiger partial charge in [-0.3, -0.25) is 4.79 Å². The monoisotopic (exact) mass is 332 g/mol. The summed E-state index contributed by atoms with van der Waals surface area (Å²) in [6.07, 6.45) is 1.66. The second-order valence-corrected chi connectivity index (χ2v) is 6.97. The number of aromatic nitrogens is 1. The molecule has 0 bridgehead atoms. The highest BCUT2D eigenvalue weighted by atomic mass is 32.1. The largest absolute Gasteiger partial charge is 0.493 e. The number of methoxy groups -OCH3 is 2. The molecule has 1 saturated carbocycles. The summed E-state index contributed by atoms with van der Waals surface area (Å²) in [4.78, 5) is 18.3. The van der Waals surface area contributed by atoms with Crippen LogP contribution in [0.2, 0.25) is 0 Å². The Labute approximate surface area is 139 Å². The molecule has 1 N–H and O–H groups in total. The normalized spacial score (nSPS) is 15.1. The average Bonchev–Trinajstić information content (AvgIpc) is 3.29. The first kappa shape index (κ1) is 15.8. The van der Waals surface area contributed by atoms with Crippen LogP contribution in [0.3, 0.4) is 0 Å². The van der Waals surface area contributed by atoms with Crippen LogP contribution in [0.25, 0.3) is 0 Å². The van der Waals surface area contributed by atoms with Crippen molar-refractivity contribution in [2.24, 2.45) is 0 Å². The molecule has 1 aliphatic carbocycles. The van der Waals surface area contributed by atoms with E-state index < -0.39 is 5.41 Å². The summed E-state index contributed by atoms with van der Waals surface area (Å²) in [5.74, 6) is 1.31. The highest BCUT2D eigenvalue weighted by Gasteiger charge is 2.51. The Balaban J connectivity index is 1.85. The quantitative estimate of drug-likeness (QED) is 0.911. The number of nitrogens with zero attached hydrogens (tertiary/aromatic N) is 1. The number of ether oxygens (including phenoxy) is 2. The van der Waals surface area contributed by atoms with E-state index in [1.165, 1.54) is 11.3 Å². The van der Waals surface area contributed by atoms with Gasteiger partial charge in [0.25, 0.3) is 0 Å². The minimum absolute atomic E-state index is 0.00142. The summed E-state index contributed by atoms with van der Waals surface area (Å²) in [6.45, 7) is 3.95. The van der Waals surface area contributed by atoms with Gasteiger partial charge in [-0.25, -0.2) is 4.98 Å². The third-order valence-electron chi connectivity index (χ3n) is 4.37. The van der Waals surface area contributed by atoms with Crippen molar-refractivity contribution in [2.45, 2.75) is 32.1 Å². The minimum Gasteiger partial charge on any atom is -0.493 e. The molecule has 0 radical (unpaired) electrons. The topological polar surface area (TPSA) is 60.5 Å². The number of nitrogens with one attached hydrogen (secondary N) is 1. The van der Waals surface area contributed by atoms with E-state index in [1.807, 2.05) is 32.0 Å². The lowest BCUT2D eigenvalue weighted by Crippen LogP contribution is -2.27. The van der Waals surface area contributed by atoms with Crippen molar-refractivity contribution < 1.29 is 14.3 Å². The van der Waals surface area contributed by atoms with Crippen molar-refractivity contribution in [3.8, 4) is 11.5 Å². The lowest BCUT2D eigenvalue weighted by Gasteiger charge is -2.17. The Kier molecular flexibility index (Phi) is 4.02. The van der Waals surface area contributed by atoms with Crippen molar-refractivity contribution in [1.29, 1.82) is 0 Å². The highest BCUT2D eigenvalue weighted by Crippen LogP contribution is 2.50. The van der Waals surface area contributed by atoms with Gasteiger partial charge in [0, 0.05) is 4.88 Å². The summed E-state index contributed by atoms with van der Waals surface area (Å²) >= 11 is 1.51. The fourth-order valence-corrected chi connectivity index (χ4v) is 3.46. The number of benzene rings is 1. The maximum absolute atomic E-state index is 12.8. The minimum atomic E-state index is -0.479. The maximum atomic E-state index is 12.8. The standard InChI is InChI=1S/C17H20N2O3S/c1-10-11(2)23-16(18-10)19-15(20)17(7-8-17)12-5-6-13(21-3)14(9-12)22-4/h5-6,9H,7-8H2,1-4H3,(H,18,19,20). The zero-order valence-corrected chi connectivity index (χ0v) is 14.5. The number of hydrogen-bond donors (Lipinski definition) is 1. The van der Waals surface area contributed by atoms with E-state index in [-0.39, 0.29) is 5.91 Å². The smallest absolute Gasteiger partial charge is 0.236 e. The van der Waals surface area contributed by atoms with E-state index in [0.717, 1.165) is 29.0 Å². The molecule has 0 atom stereocenters. The summed E-state index contributed by atoms with van der Waals surface area (Å²) in [7, 11) is 3.20. The molecule has 3 rings (SSSR count). The Bertz CT molecular complexity index is 731. The third kappa shape index (κ3) is 2.79. The van der Waals surface area contributed by atoms with Crippen LogP contribution in [0.4, 0.5) is 5.13 Å². The Morgan fingerprint density at radius 2 is 1.91 bits per heavy atom. The first-order valence-corrected chi connectivity index (χ1v) is 8.30. The van der Waals surface area contributed by atoms with E-state index in [0.29, 0.717) is 16.6 Å². The molecule has 1 aromatic heterocycles. The van der Waals surface area contributed by atoms with Crippen molar-refractivity contribution in [3.05, 3.63) is 34.3 Å². The first-order chi connectivity index (χ1) is 11.0. The number of hydrogen-bond acceptors (Lipinski definition) is 5. The van der Waals surface area contributed by atoms with Gasteiger partial charge in [-0.2, -0.15) is 0 Å². The van der Waals surface area contributed by atoms with Crippen LogP contribution < -0.4 is 14.8 Å². The zero-order chi connectivity index (χ0) is 16.6. The van der Waals surface area contributed by atoms with Crippen LogP contribution in [-0.2, 0) is 10.2 Å². The molecule has 2 aromatic rings. The number of anilines is 1. The van der Waals surface area contributed by atoms with E-state index in [4.69, 9.17) is 9.47 Å². The predicted molar refractivity (Wildman–Crippen MR) is 90.7 cm³/mol. The van der Waals surface area contributed by atoms with Crippen LogP contribution >= 0.6 is 11.3 Å². The number of carbonyl (C=O) groups excluding carboxylic acids is 1. The number of aryl methyl sites for hydroxylation is 2. The number of thiazole rings is 1. The lowest BCUT2D eigenvalue weighted by molar-refractivity contribution is -0.118. The van der Waals surface area contributed by atoms with E-state index in [2.05, 4.69) is 10.3 Å². The van der Waals surface area contributed by atoms with Gasteiger partial charge in [-0.1, -0.05) is 6.07 Å². The van der Waals surface area contributed by atoms with Crippen molar-refractivity contribution in [1.82, 2.24) is 4.98 Å². The van der Waals surface area contributed by atoms with Crippen LogP contribution in [0.1, 0.15) is 29.0 Å². The molecule has 5 nitrogen and oxygen atoms in total. The molecular formula is C17H20N2O3S. The highest BCUT2D eigenvalue weighted by molar-refractivity contribution is 7.15. The maximum Gasteiger partial charge on any atom is 0.236 e. The van der Waals surface area contributed by atoms with Gasteiger partial charge in [0.1, 0.15) is 0 Å². The second kappa shape index (κ2) is 5.85. The molecule has 23 heavy (non-hydrogen) atoms. The van der Waals surface area contributed by atoms with Crippen molar-refractivity contribution >= 4 is 22.4 Å². The van der Waals surface area contributed by atoms with Gasteiger partial charge in [-0.05, 0) is 44.4 Å². The summed E-state index contributed by atoms with van der Waals surface area (Å²) in [5, 5.41) is 3.63. The Morgan fingerprint density at radius 3 is 2.43 bits per heavy atom. The fourth-order valence-electron chi connectivity index (χ4n) is 2.65. The van der Waals surface area contributed by atoms with Gasteiger partial charge >= 0.3 is 0 Å². The first-order valence-electron chi connectivity index (χ1n) is 7.48. The van der Waals surface area contributed by atoms with E-state index in [9.17, 15) is 4.79 Å². The van der Waals surface area contributed by atoms with Gasteiger partial charge in [0.2, 0.25) is 5.91 Å². The number of rotatable bonds is 5. The molecule has 6 heteroatoms. The molecule has 1 aliphatic rings. The molecule has 122 valence electrons. The molecule has 1 heterocycles. The summed E-state index contributed by atoms with van der Waals surface area (Å²) in [6, 6.07) is 5.68. The van der Waals surface area contributed by atoms with Crippen LogP contribution in [0, 0.1) is 13.8 Å². The fraction of sp³-hybridized carbons (Fsp3) is 0.412. The molecule has 1 amide bonds. The SMILES string of the molecule is COc1ccc(C2(C(=O)Nc3nc(C)c(C)s3)CC2)cc1OC. The number of carbonyl (C=O) groups is 1. The molecule has 0 unspecified atom stereocenters.